The molecule has 3 saturated heterocycles. The highest BCUT2D eigenvalue weighted by Gasteiger charge is 2.49. The second-order valence-corrected chi connectivity index (χ2v) is 10.0. The number of fused-ring (bicyclic) bond motifs is 3. The molecule has 3 fully saturated rings. The van der Waals surface area contributed by atoms with Crippen LogP contribution in [0.25, 0.3) is 10.7 Å². The molecule has 2 bridgehead atoms. The summed E-state index contributed by atoms with van der Waals surface area (Å²) in [6.45, 7) is 16.6. The van der Waals surface area contributed by atoms with Crippen molar-refractivity contribution in [3.63, 3.8) is 0 Å². The molecule has 154 valence electrons. The Morgan fingerprint density at radius 1 is 1.07 bits per heavy atom. The summed E-state index contributed by atoms with van der Waals surface area (Å²) in [6, 6.07) is 0. The second-order valence-electron chi connectivity index (χ2n) is 7.90. The lowest BCUT2D eigenvalue weighted by Crippen LogP contribution is -2.76. The Bertz CT molecular complexity index is 804. The highest BCUT2D eigenvalue weighted by Crippen LogP contribution is 2.31. The van der Waals surface area contributed by atoms with Gasteiger partial charge in [0, 0.05) is 16.7 Å². The molecule has 0 spiro atoms. The van der Waals surface area contributed by atoms with E-state index in [9.17, 15) is 4.79 Å². The standard InChI is InChI=1S/C18H26N5OS2.C2H6/c1-13-16(26-18(20-13)15-12-25-14(2)21-15)3-4-22-5-8-23(9-6-22,10-7-22)11-17(19)24;1-2/h12H,3-11H2,1-2H3,(H-,19,24);1-2H3/q+1;/p+1. The summed E-state index contributed by atoms with van der Waals surface area (Å²) in [5.41, 5.74) is 7.64. The molecule has 3 aliphatic heterocycles. The minimum Gasteiger partial charge on any atom is -0.365 e. The molecular weight excluding hydrogens is 390 g/mol. The molecule has 2 N–H and O–H groups in total. The summed E-state index contributed by atoms with van der Waals surface area (Å²) < 4.78 is 2.11. The van der Waals surface area contributed by atoms with Crippen molar-refractivity contribution in [3.8, 4) is 10.7 Å². The van der Waals surface area contributed by atoms with Crippen molar-refractivity contribution < 1.29 is 13.8 Å². The normalized spacial score (nSPS) is 26.0. The van der Waals surface area contributed by atoms with Gasteiger partial charge in [-0.1, -0.05) is 13.8 Å². The second kappa shape index (κ2) is 8.57. The number of amides is 1. The van der Waals surface area contributed by atoms with E-state index in [4.69, 9.17) is 10.7 Å². The van der Waals surface area contributed by atoms with Crippen LogP contribution < -0.4 is 5.73 Å². The predicted molar refractivity (Wildman–Crippen MR) is 116 cm³/mol. The van der Waals surface area contributed by atoms with Gasteiger partial charge in [-0.25, -0.2) is 9.97 Å². The molecule has 0 radical (unpaired) electrons. The van der Waals surface area contributed by atoms with Crippen LogP contribution in [0.1, 0.15) is 29.4 Å². The summed E-state index contributed by atoms with van der Waals surface area (Å²) in [5, 5.41) is 4.24. The van der Waals surface area contributed by atoms with Crippen LogP contribution in [0, 0.1) is 13.8 Å². The molecule has 3 aliphatic rings. The van der Waals surface area contributed by atoms with Gasteiger partial charge in [0.15, 0.2) is 6.54 Å². The summed E-state index contributed by atoms with van der Waals surface area (Å²) in [6.07, 6.45) is 1.09. The van der Waals surface area contributed by atoms with Gasteiger partial charge < -0.3 is 14.7 Å². The maximum Gasteiger partial charge on any atom is 0.272 e. The Hall–Kier alpha value is -1.35. The van der Waals surface area contributed by atoms with Gasteiger partial charge in [0.1, 0.15) is 50.0 Å². The number of aromatic nitrogens is 2. The number of hydrogen-bond acceptors (Lipinski definition) is 5. The lowest BCUT2D eigenvalue weighted by Gasteiger charge is -2.55. The van der Waals surface area contributed by atoms with Crippen molar-refractivity contribution in [3.05, 3.63) is 21.0 Å². The van der Waals surface area contributed by atoms with Gasteiger partial charge in [0.25, 0.3) is 5.91 Å². The number of carbonyl (C=O) groups excluding carboxylic acids is 1. The number of rotatable bonds is 6. The zero-order valence-corrected chi connectivity index (χ0v) is 19.2. The first-order valence-electron chi connectivity index (χ1n) is 10.3. The van der Waals surface area contributed by atoms with E-state index in [1.54, 1.807) is 22.7 Å². The summed E-state index contributed by atoms with van der Waals surface area (Å²) in [4.78, 5) is 22.1. The molecule has 0 aliphatic carbocycles. The number of thiazole rings is 2. The highest BCUT2D eigenvalue weighted by atomic mass is 32.1. The van der Waals surface area contributed by atoms with E-state index in [2.05, 4.69) is 17.3 Å². The zero-order valence-electron chi connectivity index (χ0n) is 17.5. The van der Waals surface area contributed by atoms with Crippen molar-refractivity contribution in [1.82, 2.24) is 9.97 Å². The predicted octanol–water partition coefficient (Wildman–Crippen LogP) is 2.60. The molecule has 0 saturated carbocycles. The average molecular weight is 424 g/mol. The smallest absolute Gasteiger partial charge is 0.272 e. The van der Waals surface area contributed by atoms with Crippen molar-refractivity contribution in [2.75, 3.05) is 52.4 Å². The number of quaternary nitrogens is 2. The molecule has 8 heteroatoms. The van der Waals surface area contributed by atoms with Crippen LogP contribution in [0.3, 0.4) is 0 Å². The molecule has 5 heterocycles. The van der Waals surface area contributed by atoms with Gasteiger partial charge in [0.2, 0.25) is 0 Å². The number of nitrogens with zero attached hydrogens (tertiary/aromatic N) is 4. The molecule has 0 unspecified atom stereocenters. The Labute approximate surface area is 176 Å². The monoisotopic (exact) mass is 423 g/mol. The molecule has 2 aromatic heterocycles. The third kappa shape index (κ3) is 4.45. The first-order valence-corrected chi connectivity index (χ1v) is 12.0. The Morgan fingerprint density at radius 3 is 2.21 bits per heavy atom. The topological polar surface area (TPSA) is 68.9 Å². The fourth-order valence-corrected chi connectivity index (χ4v) is 6.10. The van der Waals surface area contributed by atoms with Gasteiger partial charge in [0.05, 0.1) is 17.2 Å². The van der Waals surface area contributed by atoms with Crippen LogP contribution in [-0.2, 0) is 11.2 Å². The van der Waals surface area contributed by atoms with E-state index in [1.807, 2.05) is 20.8 Å². The van der Waals surface area contributed by atoms with E-state index in [-0.39, 0.29) is 5.91 Å². The number of aryl methyl sites for hydroxylation is 2. The summed E-state index contributed by atoms with van der Waals surface area (Å²) >= 11 is 3.48. The van der Waals surface area contributed by atoms with E-state index in [0.717, 1.165) is 51.9 Å². The van der Waals surface area contributed by atoms with Crippen LogP contribution in [0.4, 0.5) is 0 Å². The van der Waals surface area contributed by atoms with Crippen LogP contribution in [0.2, 0.25) is 0 Å². The fraction of sp³-hybridized carbons (Fsp3) is 0.650. The van der Waals surface area contributed by atoms with Crippen molar-refractivity contribution in [2.45, 2.75) is 34.1 Å². The fourth-order valence-electron chi connectivity index (χ4n) is 4.42. The Kier molecular flexibility index (Phi) is 6.54. The summed E-state index contributed by atoms with van der Waals surface area (Å²) in [5.74, 6) is -0.156. The first kappa shape index (κ1) is 21.4. The molecule has 28 heavy (non-hydrogen) atoms. The minimum atomic E-state index is -0.156. The van der Waals surface area contributed by atoms with Crippen molar-refractivity contribution in [1.29, 1.82) is 0 Å². The van der Waals surface area contributed by atoms with E-state index in [0.29, 0.717) is 6.54 Å². The van der Waals surface area contributed by atoms with Crippen LogP contribution in [0.15, 0.2) is 5.38 Å². The summed E-state index contributed by atoms with van der Waals surface area (Å²) in [7, 11) is 0. The molecule has 1 amide bonds. The molecule has 6 nitrogen and oxygen atoms in total. The number of carbonyl (C=O) groups is 1. The minimum absolute atomic E-state index is 0.156. The van der Waals surface area contributed by atoms with Gasteiger partial charge >= 0.3 is 0 Å². The number of nitrogens with two attached hydrogens (primary N) is 1. The largest absolute Gasteiger partial charge is 0.365 e. The quantitative estimate of drug-likeness (QED) is 0.726. The maximum absolute atomic E-state index is 11.4. The van der Waals surface area contributed by atoms with Crippen molar-refractivity contribution >= 4 is 28.6 Å². The van der Waals surface area contributed by atoms with Crippen LogP contribution >= 0.6 is 22.7 Å². The third-order valence-electron chi connectivity index (χ3n) is 6.18. The van der Waals surface area contributed by atoms with Gasteiger partial charge in [-0.15, -0.1) is 22.7 Å². The SMILES string of the molecule is CC.Cc1nc(-c2nc(C)c(CC[N+]34CC[N+](CC(N)=O)(CC3)CC4)s2)cs1. The highest BCUT2D eigenvalue weighted by molar-refractivity contribution is 7.15. The number of hydrogen-bond donors (Lipinski definition) is 1. The maximum atomic E-state index is 11.4. The first-order chi connectivity index (χ1) is 13.4. The molecule has 2 aromatic rings. The average Bonchev–Trinajstić information content (AvgIpc) is 3.28. The zero-order chi connectivity index (χ0) is 20.4. The molecular formula is C20H33N5OS2+2. The van der Waals surface area contributed by atoms with Gasteiger partial charge in [-0.05, 0) is 13.8 Å². The Morgan fingerprint density at radius 2 is 1.68 bits per heavy atom. The third-order valence-corrected chi connectivity index (χ3v) is 8.19. The lowest BCUT2D eigenvalue weighted by atomic mass is 10.1. The van der Waals surface area contributed by atoms with Crippen LogP contribution in [0.5, 0.6) is 0 Å². The van der Waals surface area contributed by atoms with E-state index >= 15 is 0 Å². The lowest BCUT2D eigenvalue weighted by molar-refractivity contribution is -1.08. The number of piperazine rings is 3. The van der Waals surface area contributed by atoms with Gasteiger partial charge in [-0.2, -0.15) is 0 Å². The molecule has 0 atom stereocenters. The van der Waals surface area contributed by atoms with E-state index < -0.39 is 0 Å². The molecule has 0 aromatic carbocycles. The van der Waals surface area contributed by atoms with Crippen LogP contribution in [-0.4, -0.2) is 77.2 Å². The van der Waals surface area contributed by atoms with E-state index in [1.165, 1.54) is 35.5 Å². The number of primary amides is 1. The molecule has 5 rings (SSSR count). The Balaban J connectivity index is 0.00000109. The van der Waals surface area contributed by atoms with Crippen molar-refractivity contribution in [2.24, 2.45) is 5.73 Å². The van der Waals surface area contributed by atoms with Gasteiger partial charge in [-0.3, -0.25) is 4.79 Å².